The van der Waals surface area contributed by atoms with Gasteiger partial charge in [0.1, 0.15) is 13.2 Å². The molecule has 1 fully saturated rings. The van der Waals surface area contributed by atoms with E-state index in [1.54, 1.807) is 6.07 Å². The molecule has 0 radical (unpaired) electrons. The number of sulfonamides is 1. The molecule has 0 aromatic heterocycles. The number of benzene rings is 1. The van der Waals surface area contributed by atoms with E-state index in [1.165, 1.54) is 16.4 Å². The summed E-state index contributed by atoms with van der Waals surface area (Å²) in [6, 6.07) is 4.56. The first-order chi connectivity index (χ1) is 8.57. The van der Waals surface area contributed by atoms with Crippen LogP contribution in [0.3, 0.4) is 0 Å². The number of aliphatic hydroxyl groups is 1. The van der Waals surface area contributed by atoms with Gasteiger partial charge in [-0.05, 0) is 12.1 Å². The maximum atomic E-state index is 12.2. The predicted molar refractivity (Wildman–Crippen MR) is 62.2 cm³/mol. The summed E-state index contributed by atoms with van der Waals surface area (Å²) in [5.74, 6) is 1.01. The summed E-state index contributed by atoms with van der Waals surface area (Å²) in [6.45, 7) is 1.18. The lowest BCUT2D eigenvalue weighted by molar-refractivity contribution is 0.0547. The van der Waals surface area contributed by atoms with Crippen molar-refractivity contribution in [2.75, 3.05) is 26.3 Å². The van der Waals surface area contributed by atoms with Crippen molar-refractivity contribution in [2.24, 2.45) is 0 Å². The Labute approximate surface area is 105 Å². The lowest BCUT2D eigenvalue weighted by Gasteiger charge is -2.34. The van der Waals surface area contributed by atoms with Gasteiger partial charge in [0.05, 0.1) is 11.0 Å². The van der Waals surface area contributed by atoms with E-state index in [4.69, 9.17) is 14.6 Å². The Morgan fingerprint density at radius 1 is 1.17 bits per heavy atom. The first-order valence-electron chi connectivity index (χ1n) is 5.65. The van der Waals surface area contributed by atoms with E-state index in [2.05, 4.69) is 0 Å². The Morgan fingerprint density at radius 2 is 1.83 bits per heavy atom. The Bertz CT molecular complexity index is 565. The number of β-amino-alcohol motifs (C(OH)–C–C–N with tert-alkyl or cyclic N) is 1. The zero-order valence-electron chi connectivity index (χ0n) is 9.57. The molecule has 1 saturated heterocycles. The highest BCUT2D eigenvalue weighted by Gasteiger charge is 2.36. The molecule has 0 bridgehead atoms. The van der Waals surface area contributed by atoms with Gasteiger partial charge in [0.2, 0.25) is 10.0 Å². The summed E-state index contributed by atoms with van der Waals surface area (Å²) in [4.78, 5) is 0.165. The molecule has 2 heterocycles. The van der Waals surface area contributed by atoms with E-state index in [9.17, 15) is 8.42 Å². The average Bonchev–Trinajstić information content (AvgIpc) is 2.34. The maximum absolute atomic E-state index is 12.2. The lowest BCUT2D eigenvalue weighted by Crippen LogP contribution is -2.53. The molecule has 1 aromatic rings. The fourth-order valence-electron chi connectivity index (χ4n) is 1.95. The molecule has 0 atom stereocenters. The molecular weight excluding hydrogens is 258 g/mol. The number of aliphatic hydroxyl groups excluding tert-OH is 1. The average molecular weight is 271 g/mol. The van der Waals surface area contributed by atoms with Crippen molar-refractivity contribution in [3.05, 3.63) is 18.2 Å². The van der Waals surface area contributed by atoms with Gasteiger partial charge in [-0.3, -0.25) is 0 Å². The minimum absolute atomic E-state index is 0.150. The second kappa shape index (κ2) is 4.11. The number of fused-ring (bicyclic) bond motifs is 1. The first kappa shape index (κ1) is 11.8. The highest BCUT2D eigenvalue weighted by Crippen LogP contribution is 2.33. The van der Waals surface area contributed by atoms with Gasteiger partial charge in [0, 0.05) is 19.2 Å². The normalized spacial score (nSPS) is 20.5. The van der Waals surface area contributed by atoms with Crippen LogP contribution in [-0.2, 0) is 10.0 Å². The highest BCUT2D eigenvalue weighted by molar-refractivity contribution is 7.89. The van der Waals surface area contributed by atoms with Gasteiger partial charge in [-0.1, -0.05) is 0 Å². The van der Waals surface area contributed by atoms with Crippen molar-refractivity contribution in [1.29, 1.82) is 0 Å². The molecule has 6 nitrogen and oxygen atoms in total. The van der Waals surface area contributed by atoms with Gasteiger partial charge in [-0.15, -0.1) is 0 Å². The molecule has 18 heavy (non-hydrogen) atoms. The molecule has 0 saturated carbocycles. The van der Waals surface area contributed by atoms with Crippen LogP contribution in [0, 0.1) is 0 Å². The summed E-state index contributed by atoms with van der Waals surface area (Å²) in [6.07, 6.45) is -0.558. The molecule has 0 spiro atoms. The van der Waals surface area contributed by atoms with Gasteiger partial charge in [0.15, 0.2) is 11.5 Å². The van der Waals surface area contributed by atoms with Crippen LogP contribution in [0.15, 0.2) is 23.1 Å². The van der Waals surface area contributed by atoms with Crippen LogP contribution in [-0.4, -0.2) is 50.2 Å². The Balaban J connectivity index is 1.92. The Kier molecular flexibility index (Phi) is 2.69. The van der Waals surface area contributed by atoms with Crippen molar-refractivity contribution in [1.82, 2.24) is 4.31 Å². The standard InChI is InChI=1S/C11H13NO5S/c13-8-6-12(7-8)18(14,15)9-1-2-10-11(5-9)17-4-3-16-10/h1-2,5,8,13H,3-4,6-7H2. The van der Waals surface area contributed by atoms with Crippen molar-refractivity contribution in [3.63, 3.8) is 0 Å². The highest BCUT2D eigenvalue weighted by atomic mass is 32.2. The summed E-state index contributed by atoms with van der Waals surface area (Å²) in [5, 5.41) is 9.17. The monoisotopic (exact) mass is 271 g/mol. The van der Waals surface area contributed by atoms with Crippen LogP contribution in [0.5, 0.6) is 11.5 Å². The molecule has 3 rings (SSSR count). The number of nitrogens with zero attached hydrogens (tertiary/aromatic N) is 1. The first-order valence-corrected chi connectivity index (χ1v) is 7.09. The summed E-state index contributed by atoms with van der Waals surface area (Å²) in [7, 11) is -3.53. The lowest BCUT2D eigenvalue weighted by atomic mass is 10.2. The van der Waals surface area contributed by atoms with E-state index in [1.807, 2.05) is 0 Å². The molecule has 2 aliphatic heterocycles. The molecule has 1 N–H and O–H groups in total. The van der Waals surface area contributed by atoms with Gasteiger partial charge >= 0.3 is 0 Å². The maximum Gasteiger partial charge on any atom is 0.243 e. The molecule has 7 heteroatoms. The quantitative estimate of drug-likeness (QED) is 0.807. The molecule has 1 aromatic carbocycles. The summed E-state index contributed by atoms with van der Waals surface area (Å²) >= 11 is 0. The fraction of sp³-hybridized carbons (Fsp3) is 0.455. The second-order valence-electron chi connectivity index (χ2n) is 4.28. The van der Waals surface area contributed by atoms with Crippen LogP contribution >= 0.6 is 0 Å². The fourth-order valence-corrected chi connectivity index (χ4v) is 3.48. The topological polar surface area (TPSA) is 76.1 Å². The molecule has 98 valence electrons. The van der Waals surface area contributed by atoms with E-state index in [0.717, 1.165) is 0 Å². The van der Waals surface area contributed by atoms with E-state index in [-0.39, 0.29) is 18.0 Å². The van der Waals surface area contributed by atoms with E-state index < -0.39 is 16.1 Å². The van der Waals surface area contributed by atoms with Crippen LogP contribution in [0.2, 0.25) is 0 Å². The van der Waals surface area contributed by atoms with Crippen molar-refractivity contribution < 1.29 is 23.0 Å². The van der Waals surface area contributed by atoms with Gasteiger partial charge < -0.3 is 14.6 Å². The molecule has 0 unspecified atom stereocenters. The van der Waals surface area contributed by atoms with E-state index in [0.29, 0.717) is 24.7 Å². The Hall–Kier alpha value is -1.31. The minimum Gasteiger partial charge on any atom is -0.486 e. The molecular formula is C11H13NO5S. The largest absolute Gasteiger partial charge is 0.486 e. The number of hydrogen-bond acceptors (Lipinski definition) is 5. The van der Waals surface area contributed by atoms with Gasteiger partial charge in [-0.25, -0.2) is 8.42 Å². The molecule has 0 aliphatic carbocycles. The van der Waals surface area contributed by atoms with E-state index >= 15 is 0 Å². The second-order valence-corrected chi connectivity index (χ2v) is 6.22. The predicted octanol–water partition coefficient (Wildman–Crippen LogP) is -0.177. The molecule has 2 aliphatic rings. The third-order valence-electron chi connectivity index (χ3n) is 2.98. The van der Waals surface area contributed by atoms with Crippen LogP contribution in [0.1, 0.15) is 0 Å². The van der Waals surface area contributed by atoms with Gasteiger partial charge in [0.25, 0.3) is 0 Å². The van der Waals surface area contributed by atoms with Gasteiger partial charge in [-0.2, -0.15) is 4.31 Å². The zero-order valence-corrected chi connectivity index (χ0v) is 10.4. The smallest absolute Gasteiger partial charge is 0.243 e. The van der Waals surface area contributed by atoms with Crippen LogP contribution < -0.4 is 9.47 Å². The zero-order chi connectivity index (χ0) is 12.8. The SMILES string of the molecule is O=S(=O)(c1ccc2c(c1)OCCO2)N1CC(O)C1. The van der Waals surface area contributed by atoms with Crippen LogP contribution in [0.4, 0.5) is 0 Å². The van der Waals surface area contributed by atoms with Crippen LogP contribution in [0.25, 0.3) is 0 Å². The number of rotatable bonds is 2. The third kappa shape index (κ3) is 1.84. The van der Waals surface area contributed by atoms with Crippen molar-refractivity contribution in [3.8, 4) is 11.5 Å². The van der Waals surface area contributed by atoms with Crippen molar-refractivity contribution >= 4 is 10.0 Å². The number of hydrogen-bond donors (Lipinski definition) is 1. The number of ether oxygens (including phenoxy) is 2. The third-order valence-corrected chi connectivity index (χ3v) is 4.81. The Morgan fingerprint density at radius 3 is 2.50 bits per heavy atom. The summed E-state index contributed by atoms with van der Waals surface area (Å²) < 4.78 is 36.3. The minimum atomic E-state index is -3.53. The summed E-state index contributed by atoms with van der Waals surface area (Å²) in [5.41, 5.74) is 0. The molecule has 0 amide bonds. The van der Waals surface area contributed by atoms with Crippen molar-refractivity contribution in [2.45, 2.75) is 11.0 Å².